The number of phosphoric acid groups is 1. The van der Waals surface area contributed by atoms with Gasteiger partial charge in [-0.25, -0.2) is 9.45 Å². The Kier molecular flexibility index (Phi) is 11.0. The fourth-order valence-electron chi connectivity index (χ4n) is 2.65. The van der Waals surface area contributed by atoms with Crippen molar-refractivity contribution in [3.63, 3.8) is 0 Å². The van der Waals surface area contributed by atoms with Crippen LogP contribution in [0.5, 0.6) is 5.75 Å². The first-order valence-electron chi connectivity index (χ1n) is 9.67. The van der Waals surface area contributed by atoms with Crippen LogP contribution in [0.15, 0.2) is 24.3 Å². The Morgan fingerprint density at radius 1 is 1.04 bits per heavy atom. The molecule has 2 atom stereocenters. The monoisotopic (exact) mass is 420 g/mol. The number of hydrogen-bond acceptors (Lipinski definition) is 9. The van der Waals surface area contributed by atoms with Crippen molar-refractivity contribution in [3.05, 3.63) is 29.8 Å². The molecule has 0 amide bonds. The van der Waals surface area contributed by atoms with Crippen molar-refractivity contribution < 1.29 is 43.3 Å². The van der Waals surface area contributed by atoms with Gasteiger partial charge in [0, 0.05) is 0 Å². The van der Waals surface area contributed by atoms with Crippen LogP contribution in [0.1, 0.15) is 64.4 Å². The van der Waals surface area contributed by atoms with E-state index >= 15 is 0 Å². The van der Waals surface area contributed by atoms with E-state index in [-0.39, 0.29) is 6.61 Å². The van der Waals surface area contributed by atoms with E-state index in [1.54, 1.807) is 19.1 Å². The Bertz CT molecular complexity index is 598. The average molecular weight is 420 g/mol. The summed E-state index contributed by atoms with van der Waals surface area (Å²) in [6, 6.07) is 7.34. The summed E-state index contributed by atoms with van der Waals surface area (Å²) in [7, 11) is -4.23. The lowest BCUT2D eigenvalue weighted by molar-refractivity contribution is -0.692. The molecular weight excluding hydrogens is 391 g/mol. The predicted octanol–water partition coefficient (Wildman–Crippen LogP) is 5.56. The second kappa shape index (κ2) is 13.2. The highest BCUT2D eigenvalue weighted by molar-refractivity contribution is 7.48. The summed E-state index contributed by atoms with van der Waals surface area (Å²) in [4.78, 5) is 9.80. The fourth-order valence-corrected chi connectivity index (χ4v) is 3.52. The topological polar surface area (TPSA) is 90.9 Å². The maximum atomic E-state index is 12.5. The molecule has 1 fully saturated rings. The Balaban J connectivity index is 1.83. The Labute approximate surface area is 165 Å². The van der Waals surface area contributed by atoms with E-state index in [2.05, 4.69) is 31.6 Å². The summed E-state index contributed by atoms with van der Waals surface area (Å²) >= 11 is 0. The minimum absolute atomic E-state index is 0.0884. The van der Waals surface area contributed by atoms with Crippen LogP contribution >= 0.6 is 7.82 Å². The van der Waals surface area contributed by atoms with Gasteiger partial charge in [-0.05, 0) is 46.5 Å². The zero-order valence-corrected chi connectivity index (χ0v) is 17.3. The molecule has 1 saturated heterocycles. The maximum absolute atomic E-state index is 12.5. The Morgan fingerprint density at radius 2 is 1.79 bits per heavy atom. The smallest absolute Gasteiger partial charge is 0.327 e. The van der Waals surface area contributed by atoms with Crippen molar-refractivity contribution in [3.8, 4) is 5.75 Å². The van der Waals surface area contributed by atoms with Crippen LogP contribution in [0.25, 0.3) is 0 Å². The first-order chi connectivity index (χ1) is 13.6. The van der Waals surface area contributed by atoms with Gasteiger partial charge >= 0.3 is 7.82 Å². The standard InChI is InChI=1S/C18H29O9P/c1-3-4-5-6-7-8-9-12-17-13-10-11-14-18(17)21-26-28(19)22-16(2)15-20-23-24-25-27-28/h10-11,13-14,16H,3-9,12,15H2,1-2H3. The summed E-state index contributed by atoms with van der Waals surface area (Å²) in [5.74, 6) is 0.428. The lowest BCUT2D eigenvalue weighted by Crippen LogP contribution is -2.15. The normalized spacial score (nSPS) is 23.6. The van der Waals surface area contributed by atoms with Crippen LogP contribution in [-0.4, -0.2) is 12.7 Å². The van der Waals surface area contributed by atoms with E-state index in [1.165, 1.54) is 32.1 Å². The highest BCUT2D eigenvalue weighted by atomic mass is 31.2. The third kappa shape index (κ3) is 8.98. The van der Waals surface area contributed by atoms with Crippen molar-refractivity contribution in [2.24, 2.45) is 0 Å². The Hall–Kier alpha value is -1.03. The minimum atomic E-state index is -4.23. The predicted molar refractivity (Wildman–Crippen MR) is 98.3 cm³/mol. The van der Waals surface area contributed by atoms with Gasteiger partial charge in [-0.15, -0.1) is 0 Å². The second-order valence-electron chi connectivity index (χ2n) is 6.56. The van der Waals surface area contributed by atoms with E-state index in [1.807, 2.05) is 12.1 Å². The van der Waals surface area contributed by atoms with E-state index in [0.717, 1.165) is 24.8 Å². The molecule has 1 aromatic rings. The van der Waals surface area contributed by atoms with Gasteiger partial charge in [-0.1, -0.05) is 73.0 Å². The van der Waals surface area contributed by atoms with Crippen molar-refractivity contribution in [1.29, 1.82) is 0 Å². The molecule has 0 aliphatic carbocycles. The van der Waals surface area contributed by atoms with Gasteiger partial charge < -0.3 is 4.89 Å². The summed E-state index contributed by atoms with van der Waals surface area (Å²) < 4.78 is 27.1. The molecule has 2 unspecified atom stereocenters. The third-order valence-electron chi connectivity index (χ3n) is 4.08. The summed E-state index contributed by atoms with van der Waals surface area (Å²) in [6.07, 6.45) is 8.61. The molecular formula is C18H29O9P. The summed E-state index contributed by atoms with van der Waals surface area (Å²) in [6.45, 7) is 3.69. The lowest BCUT2D eigenvalue weighted by atomic mass is 10.0. The van der Waals surface area contributed by atoms with Gasteiger partial charge in [0.2, 0.25) is 0 Å². The third-order valence-corrected chi connectivity index (χ3v) is 5.20. The molecule has 0 saturated carbocycles. The molecule has 0 N–H and O–H groups in total. The van der Waals surface area contributed by atoms with Gasteiger partial charge in [0.15, 0.2) is 5.75 Å². The maximum Gasteiger partial charge on any atom is 0.540 e. The highest BCUT2D eigenvalue weighted by Gasteiger charge is 2.36. The van der Waals surface area contributed by atoms with Crippen LogP contribution < -0.4 is 4.89 Å². The van der Waals surface area contributed by atoms with E-state index in [9.17, 15) is 4.57 Å². The van der Waals surface area contributed by atoms with Gasteiger partial charge in [0.05, 0.1) is 6.10 Å². The molecule has 0 radical (unpaired) electrons. The van der Waals surface area contributed by atoms with Crippen molar-refractivity contribution >= 4 is 7.82 Å². The van der Waals surface area contributed by atoms with E-state index in [4.69, 9.17) is 14.1 Å². The number of aryl methyl sites for hydroxylation is 1. The molecule has 1 aromatic carbocycles. The van der Waals surface area contributed by atoms with Crippen LogP contribution in [-0.2, 0) is 44.9 Å². The molecule has 2 rings (SSSR count). The number of benzene rings is 1. The van der Waals surface area contributed by atoms with Crippen molar-refractivity contribution in [2.45, 2.75) is 71.3 Å². The zero-order chi connectivity index (χ0) is 20.1. The number of rotatable bonds is 11. The summed E-state index contributed by atoms with van der Waals surface area (Å²) in [5.41, 5.74) is 0.934. The molecule has 1 aliphatic heterocycles. The quantitative estimate of drug-likeness (QED) is 0.197. The van der Waals surface area contributed by atoms with Crippen LogP contribution in [0.2, 0.25) is 0 Å². The van der Waals surface area contributed by atoms with Crippen molar-refractivity contribution in [1.82, 2.24) is 0 Å². The van der Waals surface area contributed by atoms with Gasteiger partial charge in [-0.3, -0.25) is 4.52 Å². The number of para-hydroxylation sites is 1. The molecule has 160 valence electrons. The van der Waals surface area contributed by atoms with Gasteiger partial charge in [0.25, 0.3) is 0 Å². The SMILES string of the molecule is CCCCCCCCCc1ccccc1OOP1(=O)OOOOOCC(C)O1. The molecule has 0 aromatic heterocycles. The summed E-state index contributed by atoms with van der Waals surface area (Å²) in [5, 5.41) is 12.3. The highest BCUT2D eigenvalue weighted by Crippen LogP contribution is 2.51. The lowest BCUT2D eigenvalue weighted by Gasteiger charge is -2.17. The zero-order valence-electron chi connectivity index (χ0n) is 16.4. The Morgan fingerprint density at radius 3 is 2.61 bits per heavy atom. The number of hydrogen-bond donors (Lipinski definition) is 0. The van der Waals surface area contributed by atoms with Gasteiger partial charge in [0.1, 0.15) is 6.61 Å². The molecule has 0 spiro atoms. The molecule has 28 heavy (non-hydrogen) atoms. The first kappa shape index (κ1) is 23.3. The second-order valence-corrected chi connectivity index (χ2v) is 7.97. The molecule has 1 aliphatic rings. The van der Waals surface area contributed by atoms with Gasteiger partial charge in [-0.2, -0.15) is 0 Å². The van der Waals surface area contributed by atoms with Crippen LogP contribution in [0.4, 0.5) is 0 Å². The largest absolute Gasteiger partial charge is 0.540 e. The molecule has 10 heteroatoms. The van der Waals surface area contributed by atoms with E-state index < -0.39 is 13.9 Å². The minimum Gasteiger partial charge on any atom is -0.327 e. The van der Waals surface area contributed by atoms with Crippen molar-refractivity contribution in [2.75, 3.05) is 6.61 Å². The molecule has 0 bridgehead atoms. The number of unbranched alkanes of at least 4 members (excludes halogenated alkanes) is 6. The average Bonchev–Trinajstić information content (AvgIpc) is 2.77. The van der Waals surface area contributed by atoms with E-state index in [0.29, 0.717) is 5.75 Å². The first-order valence-corrected chi connectivity index (χ1v) is 11.1. The fraction of sp³-hybridized carbons (Fsp3) is 0.667. The molecule has 1 heterocycles. The van der Waals surface area contributed by atoms with Crippen LogP contribution in [0, 0.1) is 0 Å². The molecule has 9 nitrogen and oxygen atoms in total. The van der Waals surface area contributed by atoms with Crippen LogP contribution in [0.3, 0.4) is 0 Å².